The van der Waals surface area contributed by atoms with Crippen molar-refractivity contribution in [3.8, 4) is 0 Å². The van der Waals surface area contributed by atoms with E-state index >= 15 is 0 Å². The van der Waals surface area contributed by atoms with Crippen LogP contribution < -0.4 is 5.32 Å². The van der Waals surface area contributed by atoms with Gasteiger partial charge in [-0.05, 0) is 6.92 Å². The lowest BCUT2D eigenvalue weighted by Crippen LogP contribution is -2.61. The number of rotatable bonds is 8. The third kappa shape index (κ3) is 5.39. The fraction of sp³-hybridized carbons (Fsp3) is 0.857. The molecule has 1 amide bonds. The second-order valence-corrected chi connectivity index (χ2v) is 5.88. The number of ether oxygens (including phenoxy) is 2. The summed E-state index contributed by atoms with van der Waals surface area (Å²) in [5.41, 5.74) is 0. The lowest BCUT2D eigenvalue weighted by molar-refractivity contribution is -0.314. The number of aldehydes is 1. The third-order valence-electron chi connectivity index (χ3n) is 3.89. The van der Waals surface area contributed by atoms with Crippen LogP contribution in [0.3, 0.4) is 0 Å². The molecule has 0 aliphatic carbocycles. The fourth-order valence-corrected chi connectivity index (χ4v) is 2.41. The number of nitrogens with one attached hydrogen (secondary N) is 1. The first kappa shape index (κ1) is 21.9. The molecule has 0 radical (unpaired) electrons. The Bertz CT molecular complexity index is 449. The largest absolute Gasteiger partial charge is 0.394 e. The number of carbonyl (C=O) groups excluding carboxylic acids is 2. The van der Waals surface area contributed by atoms with Crippen LogP contribution in [0.15, 0.2) is 0 Å². The van der Waals surface area contributed by atoms with Gasteiger partial charge in [0.2, 0.25) is 5.91 Å². The minimum Gasteiger partial charge on any atom is -0.394 e. The number of carbonyl (C=O) groups is 2. The van der Waals surface area contributed by atoms with Crippen molar-refractivity contribution in [2.24, 2.45) is 0 Å². The minimum atomic E-state index is -1.83. The lowest BCUT2D eigenvalue weighted by atomic mass is 9.98. The molecule has 11 heteroatoms. The minimum absolute atomic E-state index is 0.239. The zero-order chi connectivity index (χ0) is 19.3. The van der Waals surface area contributed by atoms with Crippen LogP contribution in [0.4, 0.5) is 0 Å². The molecule has 0 aromatic heterocycles. The molecular formula is C14H25NO10. The summed E-state index contributed by atoms with van der Waals surface area (Å²) in [6.07, 6.45) is -12.2. The summed E-state index contributed by atoms with van der Waals surface area (Å²) in [5.74, 6) is -0.634. The van der Waals surface area contributed by atoms with Gasteiger partial charge in [0.25, 0.3) is 0 Å². The van der Waals surface area contributed by atoms with Crippen LogP contribution in [0.25, 0.3) is 0 Å². The first-order valence-corrected chi connectivity index (χ1v) is 7.68. The van der Waals surface area contributed by atoms with Crippen LogP contribution in [0, 0.1) is 0 Å². The van der Waals surface area contributed by atoms with E-state index in [-0.39, 0.29) is 6.29 Å². The Labute approximate surface area is 143 Å². The molecule has 0 aromatic rings. The van der Waals surface area contributed by atoms with Crippen LogP contribution in [0.5, 0.6) is 0 Å². The molecular weight excluding hydrogens is 342 g/mol. The van der Waals surface area contributed by atoms with Crippen LogP contribution in [0.1, 0.15) is 13.8 Å². The van der Waals surface area contributed by atoms with Gasteiger partial charge < -0.3 is 50.2 Å². The van der Waals surface area contributed by atoms with E-state index in [0.717, 1.165) is 6.92 Å². The maximum absolute atomic E-state index is 11.3. The average molecular weight is 367 g/mol. The summed E-state index contributed by atoms with van der Waals surface area (Å²) >= 11 is 0. The Morgan fingerprint density at radius 1 is 1.24 bits per heavy atom. The Morgan fingerprint density at radius 3 is 2.32 bits per heavy atom. The van der Waals surface area contributed by atoms with E-state index in [1.54, 1.807) is 0 Å². The monoisotopic (exact) mass is 367 g/mol. The molecule has 0 spiro atoms. The molecule has 0 saturated carbocycles. The summed E-state index contributed by atoms with van der Waals surface area (Å²) in [6.45, 7) is 1.64. The molecule has 1 fully saturated rings. The van der Waals surface area contributed by atoms with Crippen LogP contribution in [-0.4, -0.2) is 104 Å². The summed E-state index contributed by atoms with van der Waals surface area (Å²) in [6, 6.07) is -1.44. The van der Waals surface area contributed by atoms with Crippen molar-refractivity contribution in [2.75, 3.05) is 6.61 Å². The molecule has 1 aliphatic rings. The highest BCUT2D eigenvalue weighted by molar-refractivity contribution is 5.77. The highest BCUT2D eigenvalue weighted by Crippen LogP contribution is 2.24. The number of aliphatic hydroxyl groups excluding tert-OH is 6. The number of aliphatic hydroxyl groups is 6. The maximum Gasteiger partial charge on any atom is 0.217 e. The van der Waals surface area contributed by atoms with Gasteiger partial charge >= 0.3 is 0 Å². The van der Waals surface area contributed by atoms with E-state index in [1.807, 2.05) is 0 Å². The summed E-state index contributed by atoms with van der Waals surface area (Å²) in [4.78, 5) is 22.5. The van der Waals surface area contributed by atoms with E-state index < -0.39 is 67.6 Å². The Hall–Kier alpha value is -1.18. The summed E-state index contributed by atoms with van der Waals surface area (Å²) in [7, 11) is 0. The van der Waals surface area contributed by atoms with Crippen molar-refractivity contribution >= 4 is 12.2 Å². The average Bonchev–Trinajstić information content (AvgIpc) is 2.58. The standard InChI is InChI=1S/C14H25NO10/c1-5-9(20)11(22)12(23)14(24-5)25-13(10(21)8(19)4-17)7(3-16)15-6(2)18/h3,5,7-14,17,19-23H,4H2,1-2H3,(H,15,18)/t5-,7?,8?,9-,10?,11+,12+,13?,14?/m0/s1. The maximum atomic E-state index is 11.3. The molecule has 146 valence electrons. The smallest absolute Gasteiger partial charge is 0.217 e. The topological polar surface area (TPSA) is 186 Å². The molecule has 0 aromatic carbocycles. The highest BCUT2D eigenvalue weighted by atomic mass is 16.7. The quantitative estimate of drug-likeness (QED) is 0.207. The van der Waals surface area contributed by atoms with Crippen molar-refractivity contribution < 1.29 is 49.7 Å². The number of hydrogen-bond donors (Lipinski definition) is 7. The van der Waals surface area contributed by atoms with Gasteiger partial charge in [-0.15, -0.1) is 0 Å². The first-order chi connectivity index (χ1) is 11.6. The molecule has 5 unspecified atom stereocenters. The molecule has 7 N–H and O–H groups in total. The number of amides is 1. The predicted molar refractivity (Wildman–Crippen MR) is 80.0 cm³/mol. The summed E-state index contributed by atoms with van der Waals surface area (Å²) in [5, 5.41) is 60.3. The van der Waals surface area contributed by atoms with Crippen molar-refractivity contribution in [1.82, 2.24) is 5.32 Å². The van der Waals surface area contributed by atoms with E-state index in [9.17, 15) is 35.1 Å². The van der Waals surface area contributed by atoms with Crippen LogP contribution in [-0.2, 0) is 19.1 Å². The van der Waals surface area contributed by atoms with Crippen molar-refractivity contribution in [2.45, 2.75) is 68.9 Å². The van der Waals surface area contributed by atoms with Crippen LogP contribution >= 0.6 is 0 Å². The third-order valence-corrected chi connectivity index (χ3v) is 3.89. The molecule has 1 rings (SSSR count). The van der Waals surface area contributed by atoms with Gasteiger partial charge in [-0.1, -0.05) is 0 Å². The van der Waals surface area contributed by atoms with Gasteiger partial charge in [-0.2, -0.15) is 0 Å². The Balaban J connectivity index is 3.02. The second kappa shape index (κ2) is 9.50. The number of hydrogen-bond acceptors (Lipinski definition) is 10. The van der Waals surface area contributed by atoms with E-state index in [2.05, 4.69) is 5.32 Å². The summed E-state index contributed by atoms with van der Waals surface area (Å²) < 4.78 is 10.5. The Morgan fingerprint density at radius 2 is 1.84 bits per heavy atom. The molecule has 1 aliphatic heterocycles. The molecule has 11 nitrogen and oxygen atoms in total. The first-order valence-electron chi connectivity index (χ1n) is 7.68. The van der Waals surface area contributed by atoms with Gasteiger partial charge in [0.05, 0.1) is 12.7 Å². The van der Waals surface area contributed by atoms with E-state index in [1.165, 1.54) is 6.92 Å². The second-order valence-electron chi connectivity index (χ2n) is 5.88. The van der Waals surface area contributed by atoms with E-state index in [0.29, 0.717) is 0 Å². The molecule has 1 saturated heterocycles. The van der Waals surface area contributed by atoms with Crippen molar-refractivity contribution in [3.63, 3.8) is 0 Å². The van der Waals surface area contributed by atoms with Crippen molar-refractivity contribution in [3.05, 3.63) is 0 Å². The van der Waals surface area contributed by atoms with Gasteiger partial charge in [-0.25, -0.2) is 0 Å². The van der Waals surface area contributed by atoms with E-state index in [4.69, 9.17) is 14.6 Å². The van der Waals surface area contributed by atoms with Gasteiger partial charge in [0.15, 0.2) is 6.29 Å². The molecule has 1 heterocycles. The lowest BCUT2D eigenvalue weighted by Gasteiger charge is -2.42. The van der Waals surface area contributed by atoms with Gasteiger partial charge in [-0.3, -0.25) is 4.79 Å². The normalized spacial score (nSPS) is 34.6. The van der Waals surface area contributed by atoms with Gasteiger partial charge in [0, 0.05) is 6.92 Å². The fourth-order valence-electron chi connectivity index (χ4n) is 2.41. The SMILES string of the molecule is CC(=O)NC(C=O)C(OC1O[C@@H](C)[C@H](O)[C@@H](O)[C@H]1O)C(O)C(O)CO. The predicted octanol–water partition coefficient (Wildman–Crippen LogP) is -4.38. The molecule has 25 heavy (non-hydrogen) atoms. The molecule has 0 bridgehead atoms. The van der Waals surface area contributed by atoms with Crippen LogP contribution in [0.2, 0.25) is 0 Å². The zero-order valence-electron chi connectivity index (χ0n) is 13.8. The van der Waals surface area contributed by atoms with Gasteiger partial charge in [0.1, 0.15) is 49.0 Å². The van der Waals surface area contributed by atoms with Crippen molar-refractivity contribution in [1.29, 1.82) is 0 Å². The highest BCUT2D eigenvalue weighted by Gasteiger charge is 2.45. The zero-order valence-corrected chi connectivity index (χ0v) is 13.8. The Kier molecular flexibility index (Phi) is 8.31. The molecule has 9 atom stereocenters.